The van der Waals surface area contributed by atoms with Gasteiger partial charge in [-0.2, -0.15) is 0 Å². The van der Waals surface area contributed by atoms with Gasteiger partial charge in [0.15, 0.2) is 0 Å². The lowest BCUT2D eigenvalue weighted by molar-refractivity contribution is 0.399. The van der Waals surface area contributed by atoms with Crippen LogP contribution in [0.4, 0.5) is 0 Å². The summed E-state index contributed by atoms with van der Waals surface area (Å²) < 4.78 is 2.41. The van der Waals surface area contributed by atoms with Crippen molar-refractivity contribution >= 4 is 17.2 Å². The van der Waals surface area contributed by atoms with Crippen LogP contribution in [-0.4, -0.2) is 22.7 Å². The minimum absolute atomic E-state index is 0.792. The van der Waals surface area contributed by atoms with Gasteiger partial charge in [0.25, 0.3) is 0 Å². The van der Waals surface area contributed by atoms with Crippen LogP contribution < -0.4 is 0 Å². The van der Waals surface area contributed by atoms with E-state index in [4.69, 9.17) is 16.7 Å². The second-order valence-electron chi connectivity index (χ2n) is 7.98. The van der Waals surface area contributed by atoms with Gasteiger partial charge in [0.1, 0.15) is 0 Å². The highest BCUT2D eigenvalue weighted by Crippen LogP contribution is 2.33. The first-order valence-corrected chi connectivity index (χ1v) is 13.2. The Hall–Kier alpha value is -2.55. The number of allylic oxidation sites excluding steroid dienone is 2. The molecule has 2 nitrogen and oxygen atoms in total. The molecule has 0 radical (unpaired) electrons. The largest absolute Gasteiger partial charge is 0.400 e. The van der Waals surface area contributed by atoms with Crippen molar-refractivity contribution in [1.29, 1.82) is 0 Å². The molecule has 0 aliphatic carbocycles. The number of aliphatic hydroxyl groups excluding tert-OH is 1. The van der Waals surface area contributed by atoms with Gasteiger partial charge in [0.05, 0.1) is 0 Å². The molecule has 35 heavy (non-hydrogen) atoms. The fourth-order valence-electron chi connectivity index (χ4n) is 3.74. The smallest absolute Gasteiger partial charge is 0.0491 e. The molecule has 3 rings (SSSR count). The fourth-order valence-corrected chi connectivity index (χ4v) is 3.74. The van der Waals surface area contributed by atoms with Crippen molar-refractivity contribution in [3.63, 3.8) is 0 Å². The highest BCUT2D eigenvalue weighted by atomic mass is 35.5. The van der Waals surface area contributed by atoms with Crippen molar-refractivity contribution in [2.45, 2.75) is 66.7 Å². The van der Waals surface area contributed by atoms with E-state index in [0.717, 1.165) is 25.8 Å². The zero-order chi connectivity index (χ0) is 26.6. The van der Waals surface area contributed by atoms with E-state index in [2.05, 4.69) is 112 Å². The molecule has 0 aliphatic rings. The van der Waals surface area contributed by atoms with Crippen LogP contribution in [-0.2, 0) is 6.42 Å². The third-order valence-corrected chi connectivity index (χ3v) is 5.83. The maximum absolute atomic E-state index is 7.00. The normalized spacial score (nSPS) is 10.2. The fraction of sp³-hybridized carbons (Fsp3) is 0.375. The zero-order valence-corrected chi connectivity index (χ0v) is 23.5. The SMILES string of the molecule is C=C.CC/C=C(\C)c1cc(-c2ccccc2)c(C)n1-c1ccc(CCCC)cc1.CCCCl.CO. The van der Waals surface area contributed by atoms with Gasteiger partial charge in [-0.3, -0.25) is 0 Å². The van der Waals surface area contributed by atoms with Gasteiger partial charge < -0.3 is 9.67 Å². The summed E-state index contributed by atoms with van der Waals surface area (Å²) in [6.45, 7) is 16.9. The van der Waals surface area contributed by atoms with E-state index >= 15 is 0 Å². The van der Waals surface area contributed by atoms with E-state index in [0.29, 0.717) is 0 Å². The zero-order valence-electron chi connectivity index (χ0n) is 22.8. The molecular formula is C32H46ClNO. The van der Waals surface area contributed by atoms with E-state index in [-0.39, 0.29) is 0 Å². The molecular weight excluding hydrogens is 450 g/mol. The summed E-state index contributed by atoms with van der Waals surface area (Å²) in [4.78, 5) is 0. The average Bonchev–Trinajstić information content (AvgIpc) is 3.28. The van der Waals surface area contributed by atoms with E-state index in [1.807, 2.05) is 6.92 Å². The van der Waals surface area contributed by atoms with Gasteiger partial charge in [0, 0.05) is 35.6 Å². The quantitative estimate of drug-likeness (QED) is 0.244. The molecule has 192 valence electrons. The second kappa shape index (κ2) is 19.7. The van der Waals surface area contributed by atoms with Crippen molar-refractivity contribution in [1.82, 2.24) is 4.57 Å². The van der Waals surface area contributed by atoms with Crippen LogP contribution in [0, 0.1) is 6.92 Å². The summed E-state index contributed by atoms with van der Waals surface area (Å²) in [6, 6.07) is 22.2. The number of aliphatic hydroxyl groups is 1. The van der Waals surface area contributed by atoms with Crippen molar-refractivity contribution in [2.24, 2.45) is 0 Å². The van der Waals surface area contributed by atoms with Crippen LogP contribution >= 0.6 is 11.6 Å². The molecule has 3 heteroatoms. The number of halogens is 1. The Balaban J connectivity index is 0.00000129. The summed E-state index contributed by atoms with van der Waals surface area (Å²) in [7, 11) is 1.00. The first-order chi connectivity index (χ1) is 17.1. The molecule has 1 N–H and O–H groups in total. The summed E-state index contributed by atoms with van der Waals surface area (Å²) in [5, 5.41) is 7.00. The molecule has 3 aromatic rings. The molecule has 0 saturated heterocycles. The molecule has 2 aromatic carbocycles. The Morgan fingerprint density at radius 1 is 0.943 bits per heavy atom. The van der Waals surface area contributed by atoms with Gasteiger partial charge in [-0.25, -0.2) is 0 Å². The molecule has 0 atom stereocenters. The van der Waals surface area contributed by atoms with E-state index in [1.165, 1.54) is 58.6 Å². The Labute approximate surface area is 220 Å². The minimum atomic E-state index is 0.792. The van der Waals surface area contributed by atoms with Crippen LogP contribution in [0.5, 0.6) is 0 Å². The number of benzene rings is 2. The standard InChI is InChI=1S/C26H31N.C3H7Cl.C2H4.CH4O/c1-5-7-12-22-15-17-24(18-16-22)27-21(4)25(23-13-9-8-10-14-23)19-26(27)20(3)11-6-2;1-2-3-4;2*1-2/h8-11,13-19H,5-7,12H2,1-4H3;2-3H2,1H3;1-2H2;2H,1H3/b20-11+;;;. The van der Waals surface area contributed by atoms with E-state index in [9.17, 15) is 0 Å². The van der Waals surface area contributed by atoms with Crippen molar-refractivity contribution < 1.29 is 5.11 Å². The number of aryl methyl sites for hydroxylation is 1. The molecule has 0 saturated carbocycles. The summed E-state index contributed by atoms with van der Waals surface area (Å²) in [6.07, 6.45) is 8.11. The Bertz CT molecular complexity index is 953. The number of hydrogen-bond donors (Lipinski definition) is 1. The van der Waals surface area contributed by atoms with Crippen molar-refractivity contribution in [3.05, 3.63) is 96.8 Å². The molecule has 0 fully saturated rings. The predicted molar refractivity (Wildman–Crippen MR) is 159 cm³/mol. The van der Waals surface area contributed by atoms with Gasteiger partial charge >= 0.3 is 0 Å². The number of nitrogens with zero attached hydrogens (tertiary/aromatic N) is 1. The Kier molecular flexibility index (Phi) is 18.3. The van der Waals surface area contributed by atoms with E-state index < -0.39 is 0 Å². The minimum Gasteiger partial charge on any atom is -0.400 e. The predicted octanol–water partition coefficient (Wildman–Crippen LogP) is 9.65. The van der Waals surface area contributed by atoms with Gasteiger partial charge in [-0.15, -0.1) is 24.8 Å². The van der Waals surface area contributed by atoms with Crippen LogP contribution in [0.2, 0.25) is 0 Å². The van der Waals surface area contributed by atoms with E-state index in [1.54, 1.807) is 0 Å². The second-order valence-corrected chi connectivity index (χ2v) is 8.36. The lowest BCUT2D eigenvalue weighted by Crippen LogP contribution is -2.01. The lowest BCUT2D eigenvalue weighted by atomic mass is 10.1. The highest BCUT2D eigenvalue weighted by Gasteiger charge is 2.15. The van der Waals surface area contributed by atoms with Crippen LogP contribution in [0.15, 0.2) is 79.9 Å². The molecule has 0 bridgehead atoms. The Morgan fingerprint density at radius 2 is 1.51 bits per heavy atom. The maximum atomic E-state index is 7.00. The number of rotatable bonds is 8. The van der Waals surface area contributed by atoms with Gasteiger partial charge in [-0.1, -0.05) is 75.7 Å². The summed E-state index contributed by atoms with van der Waals surface area (Å²) >= 11 is 5.19. The lowest BCUT2D eigenvalue weighted by Gasteiger charge is -2.14. The summed E-state index contributed by atoms with van der Waals surface area (Å²) in [5.41, 5.74) is 9.17. The molecule has 0 aliphatic heterocycles. The van der Waals surface area contributed by atoms with Crippen LogP contribution in [0.25, 0.3) is 22.4 Å². The third kappa shape index (κ3) is 10.3. The topological polar surface area (TPSA) is 25.2 Å². The molecule has 0 unspecified atom stereocenters. The van der Waals surface area contributed by atoms with Crippen LogP contribution in [0.3, 0.4) is 0 Å². The first kappa shape index (κ1) is 32.5. The number of hydrogen-bond acceptors (Lipinski definition) is 1. The monoisotopic (exact) mass is 495 g/mol. The molecule has 1 heterocycles. The molecule has 0 spiro atoms. The highest BCUT2D eigenvalue weighted by molar-refractivity contribution is 6.17. The van der Waals surface area contributed by atoms with Crippen molar-refractivity contribution in [3.8, 4) is 16.8 Å². The number of unbranched alkanes of at least 4 members (excludes halogenated alkanes) is 1. The van der Waals surface area contributed by atoms with Gasteiger partial charge in [0.2, 0.25) is 0 Å². The maximum Gasteiger partial charge on any atom is 0.0491 e. The number of alkyl halides is 1. The molecule has 1 aromatic heterocycles. The molecule has 0 amide bonds. The van der Waals surface area contributed by atoms with Gasteiger partial charge in [-0.05, 0) is 74.4 Å². The first-order valence-electron chi connectivity index (χ1n) is 12.6. The Morgan fingerprint density at radius 3 is 2.00 bits per heavy atom. The van der Waals surface area contributed by atoms with Crippen LogP contribution in [0.1, 0.15) is 70.3 Å². The van der Waals surface area contributed by atoms with Crippen molar-refractivity contribution in [2.75, 3.05) is 13.0 Å². The summed E-state index contributed by atoms with van der Waals surface area (Å²) in [5.74, 6) is 0.792. The third-order valence-electron chi connectivity index (χ3n) is 5.45. The average molecular weight is 496 g/mol. The number of aromatic nitrogens is 1.